The number of aliphatic carboxylic acids is 1. The molecule has 0 spiro atoms. The van der Waals surface area contributed by atoms with Gasteiger partial charge in [0.2, 0.25) is 5.91 Å². The summed E-state index contributed by atoms with van der Waals surface area (Å²) in [6, 6.07) is -0.276. The monoisotopic (exact) mass is 227 g/mol. The Morgan fingerprint density at radius 2 is 2.12 bits per heavy atom. The van der Waals surface area contributed by atoms with Gasteiger partial charge in [0, 0.05) is 12.0 Å². The van der Waals surface area contributed by atoms with E-state index in [2.05, 4.69) is 12.2 Å². The first-order valence-corrected chi connectivity index (χ1v) is 6.01. The van der Waals surface area contributed by atoms with Crippen LogP contribution in [0.25, 0.3) is 0 Å². The average Bonchev–Trinajstić information content (AvgIpc) is 2.16. The standard InChI is InChI=1S/C12H21NO3/c1-8-4-3-5-10(6-8)12(16)13-9(2)7-11(14)15/h8-10H,3-7H2,1-2H3,(H,13,16)(H,14,15)/t8-,9+,10+/m1/s1. The lowest BCUT2D eigenvalue weighted by Crippen LogP contribution is -2.39. The summed E-state index contributed by atoms with van der Waals surface area (Å²) in [6.07, 6.45) is 4.18. The molecule has 1 rings (SSSR count). The number of rotatable bonds is 4. The smallest absolute Gasteiger partial charge is 0.305 e. The summed E-state index contributed by atoms with van der Waals surface area (Å²) in [5, 5.41) is 11.4. The molecule has 0 aromatic heterocycles. The number of amides is 1. The molecule has 2 N–H and O–H groups in total. The van der Waals surface area contributed by atoms with E-state index < -0.39 is 5.97 Å². The Kier molecular flexibility index (Phi) is 4.77. The highest BCUT2D eigenvalue weighted by Gasteiger charge is 2.25. The predicted octanol–water partition coefficient (Wildman–Crippen LogP) is 1.79. The van der Waals surface area contributed by atoms with Gasteiger partial charge in [0.25, 0.3) is 0 Å². The maximum atomic E-state index is 11.8. The van der Waals surface area contributed by atoms with Crippen LogP contribution in [0.3, 0.4) is 0 Å². The van der Waals surface area contributed by atoms with Crippen molar-refractivity contribution in [2.75, 3.05) is 0 Å². The zero-order chi connectivity index (χ0) is 12.1. The Balaban J connectivity index is 2.36. The fraction of sp³-hybridized carbons (Fsp3) is 0.833. The Morgan fingerprint density at radius 3 is 2.69 bits per heavy atom. The lowest BCUT2D eigenvalue weighted by molar-refractivity contribution is -0.137. The normalized spacial score (nSPS) is 27.1. The van der Waals surface area contributed by atoms with Gasteiger partial charge in [-0.25, -0.2) is 0 Å². The minimum atomic E-state index is -0.871. The summed E-state index contributed by atoms with van der Waals surface area (Å²) in [6.45, 7) is 3.90. The predicted molar refractivity (Wildman–Crippen MR) is 61.0 cm³/mol. The van der Waals surface area contributed by atoms with Crippen molar-refractivity contribution >= 4 is 11.9 Å². The third-order valence-electron chi connectivity index (χ3n) is 3.18. The van der Waals surface area contributed by atoms with Crippen LogP contribution >= 0.6 is 0 Å². The van der Waals surface area contributed by atoms with Crippen molar-refractivity contribution in [1.29, 1.82) is 0 Å². The van der Waals surface area contributed by atoms with Gasteiger partial charge >= 0.3 is 5.97 Å². The van der Waals surface area contributed by atoms with Crippen LogP contribution in [0.1, 0.15) is 46.0 Å². The van der Waals surface area contributed by atoms with Gasteiger partial charge in [-0.15, -0.1) is 0 Å². The van der Waals surface area contributed by atoms with Crippen molar-refractivity contribution in [1.82, 2.24) is 5.32 Å². The van der Waals surface area contributed by atoms with Crippen LogP contribution in [-0.2, 0) is 9.59 Å². The summed E-state index contributed by atoms with van der Waals surface area (Å²) in [5.41, 5.74) is 0. The van der Waals surface area contributed by atoms with Gasteiger partial charge < -0.3 is 10.4 Å². The first-order valence-electron chi connectivity index (χ1n) is 6.01. The van der Waals surface area contributed by atoms with Crippen LogP contribution in [-0.4, -0.2) is 23.0 Å². The summed E-state index contributed by atoms with van der Waals surface area (Å²) in [4.78, 5) is 22.3. The van der Waals surface area contributed by atoms with Crippen LogP contribution < -0.4 is 5.32 Å². The second kappa shape index (κ2) is 5.87. The molecule has 0 heterocycles. The van der Waals surface area contributed by atoms with Crippen molar-refractivity contribution in [2.24, 2.45) is 11.8 Å². The zero-order valence-corrected chi connectivity index (χ0v) is 10.0. The second-order valence-corrected chi connectivity index (χ2v) is 4.98. The molecule has 1 saturated carbocycles. The lowest BCUT2D eigenvalue weighted by atomic mass is 9.82. The molecule has 1 aliphatic rings. The van der Waals surface area contributed by atoms with E-state index in [0.717, 1.165) is 19.3 Å². The van der Waals surface area contributed by atoms with E-state index in [0.29, 0.717) is 5.92 Å². The van der Waals surface area contributed by atoms with E-state index in [1.807, 2.05) is 0 Å². The Hall–Kier alpha value is -1.06. The maximum absolute atomic E-state index is 11.8. The fourth-order valence-corrected chi connectivity index (χ4v) is 2.35. The third kappa shape index (κ3) is 4.21. The van der Waals surface area contributed by atoms with Crippen molar-refractivity contribution in [3.63, 3.8) is 0 Å². The number of carboxylic acids is 1. The number of nitrogens with one attached hydrogen (secondary N) is 1. The molecule has 0 unspecified atom stereocenters. The number of carbonyl (C=O) groups excluding carboxylic acids is 1. The second-order valence-electron chi connectivity index (χ2n) is 4.98. The molecule has 1 aliphatic carbocycles. The van der Waals surface area contributed by atoms with Crippen LogP contribution in [0, 0.1) is 11.8 Å². The van der Waals surface area contributed by atoms with Crippen molar-refractivity contribution in [3.05, 3.63) is 0 Å². The van der Waals surface area contributed by atoms with Crippen molar-refractivity contribution in [3.8, 4) is 0 Å². The number of hydrogen-bond acceptors (Lipinski definition) is 2. The van der Waals surface area contributed by atoms with Gasteiger partial charge in [-0.2, -0.15) is 0 Å². The summed E-state index contributed by atoms with van der Waals surface area (Å²) < 4.78 is 0. The number of carboxylic acid groups (broad SMARTS) is 1. The third-order valence-corrected chi connectivity index (χ3v) is 3.18. The number of carbonyl (C=O) groups is 2. The van der Waals surface area contributed by atoms with Gasteiger partial charge in [-0.3, -0.25) is 9.59 Å². The highest BCUT2D eigenvalue weighted by atomic mass is 16.4. The molecule has 92 valence electrons. The first-order chi connectivity index (χ1) is 7.49. The molecule has 0 aromatic rings. The molecule has 0 aliphatic heterocycles. The van der Waals surface area contributed by atoms with E-state index in [-0.39, 0.29) is 24.3 Å². The highest BCUT2D eigenvalue weighted by molar-refractivity contribution is 5.79. The Labute approximate surface area is 96.4 Å². The Bertz CT molecular complexity index is 265. The molecule has 0 radical (unpaired) electrons. The summed E-state index contributed by atoms with van der Waals surface area (Å²) in [7, 11) is 0. The van der Waals surface area contributed by atoms with E-state index in [1.54, 1.807) is 6.92 Å². The average molecular weight is 227 g/mol. The molecule has 0 saturated heterocycles. The Morgan fingerprint density at radius 1 is 1.44 bits per heavy atom. The fourth-order valence-electron chi connectivity index (χ4n) is 2.35. The van der Waals surface area contributed by atoms with Crippen molar-refractivity contribution < 1.29 is 14.7 Å². The summed E-state index contributed by atoms with van der Waals surface area (Å²) >= 11 is 0. The topological polar surface area (TPSA) is 66.4 Å². The molecular formula is C12H21NO3. The molecule has 3 atom stereocenters. The van der Waals surface area contributed by atoms with Gasteiger partial charge in [0.15, 0.2) is 0 Å². The van der Waals surface area contributed by atoms with E-state index >= 15 is 0 Å². The molecule has 1 fully saturated rings. The van der Waals surface area contributed by atoms with E-state index in [1.165, 1.54) is 6.42 Å². The van der Waals surface area contributed by atoms with Crippen LogP contribution in [0.5, 0.6) is 0 Å². The van der Waals surface area contributed by atoms with E-state index in [4.69, 9.17) is 5.11 Å². The van der Waals surface area contributed by atoms with Crippen LogP contribution in [0.4, 0.5) is 0 Å². The molecule has 0 aromatic carbocycles. The van der Waals surface area contributed by atoms with Gasteiger partial charge in [-0.05, 0) is 25.7 Å². The van der Waals surface area contributed by atoms with E-state index in [9.17, 15) is 9.59 Å². The minimum absolute atomic E-state index is 0.00594. The van der Waals surface area contributed by atoms with Crippen LogP contribution in [0.15, 0.2) is 0 Å². The first kappa shape index (κ1) is 13.0. The maximum Gasteiger partial charge on any atom is 0.305 e. The summed E-state index contributed by atoms with van der Waals surface area (Å²) in [5.74, 6) is -0.149. The SMILES string of the molecule is C[C@@H]1CCC[C@H](C(=O)N[C@@H](C)CC(=O)O)C1. The lowest BCUT2D eigenvalue weighted by Gasteiger charge is -2.26. The molecule has 1 amide bonds. The van der Waals surface area contributed by atoms with Gasteiger partial charge in [-0.1, -0.05) is 19.8 Å². The zero-order valence-electron chi connectivity index (χ0n) is 10.0. The molecule has 4 nitrogen and oxygen atoms in total. The highest BCUT2D eigenvalue weighted by Crippen LogP contribution is 2.28. The van der Waals surface area contributed by atoms with Crippen LogP contribution in [0.2, 0.25) is 0 Å². The van der Waals surface area contributed by atoms with Gasteiger partial charge in [0.05, 0.1) is 6.42 Å². The quantitative estimate of drug-likeness (QED) is 0.769. The van der Waals surface area contributed by atoms with Gasteiger partial charge in [0.1, 0.15) is 0 Å². The van der Waals surface area contributed by atoms with Crippen molar-refractivity contribution in [2.45, 2.75) is 52.0 Å². The minimum Gasteiger partial charge on any atom is -0.481 e. The molecule has 16 heavy (non-hydrogen) atoms. The molecular weight excluding hydrogens is 206 g/mol. The largest absolute Gasteiger partial charge is 0.481 e. The molecule has 0 bridgehead atoms. The molecule has 4 heteroatoms. The number of hydrogen-bond donors (Lipinski definition) is 2.